The maximum atomic E-state index is 12.0. The van der Waals surface area contributed by atoms with Crippen molar-refractivity contribution in [2.45, 2.75) is 46.1 Å². The Bertz CT molecular complexity index is 414. The van der Waals surface area contributed by atoms with Crippen molar-refractivity contribution in [3.05, 3.63) is 0 Å². The van der Waals surface area contributed by atoms with Crippen LogP contribution in [0.1, 0.15) is 40.0 Å². The van der Waals surface area contributed by atoms with Gasteiger partial charge in [0.05, 0.1) is 31.6 Å². The number of aliphatic carboxylic acids is 1. The number of carboxylic acid groups (broad SMARTS) is 1. The standard InChI is InChI=1S/C13H19NO6/c1-4-9(3)20-12(18)13(8-14,6-10(15)16)7-11(17)19-5-2/h9H,4-7H2,1-3H3,(H,15,16). The minimum absolute atomic E-state index is 0.0772. The van der Waals surface area contributed by atoms with Crippen LogP contribution < -0.4 is 0 Å². The molecule has 0 amide bonds. The van der Waals surface area contributed by atoms with E-state index in [-0.39, 0.29) is 6.61 Å². The molecule has 0 rings (SSSR count). The van der Waals surface area contributed by atoms with Crippen LogP contribution in [0, 0.1) is 16.7 Å². The third-order valence-electron chi connectivity index (χ3n) is 2.69. The van der Waals surface area contributed by atoms with E-state index in [0.717, 1.165) is 0 Å². The van der Waals surface area contributed by atoms with Gasteiger partial charge >= 0.3 is 17.9 Å². The molecule has 0 aliphatic heterocycles. The molecule has 112 valence electrons. The lowest BCUT2D eigenvalue weighted by Crippen LogP contribution is -2.38. The highest BCUT2D eigenvalue weighted by molar-refractivity contribution is 5.90. The Morgan fingerprint density at radius 1 is 1.30 bits per heavy atom. The Morgan fingerprint density at radius 3 is 2.30 bits per heavy atom. The number of hydrogen-bond acceptors (Lipinski definition) is 6. The van der Waals surface area contributed by atoms with Crippen LogP contribution in [0.25, 0.3) is 0 Å². The van der Waals surface area contributed by atoms with Crippen molar-refractivity contribution in [2.75, 3.05) is 6.61 Å². The van der Waals surface area contributed by atoms with Crippen LogP contribution in [-0.4, -0.2) is 35.7 Å². The normalized spacial score (nSPS) is 14.5. The highest BCUT2D eigenvalue weighted by Gasteiger charge is 2.45. The van der Waals surface area contributed by atoms with Crippen LogP contribution in [0.2, 0.25) is 0 Å². The van der Waals surface area contributed by atoms with Gasteiger partial charge in [0.2, 0.25) is 0 Å². The summed E-state index contributed by atoms with van der Waals surface area (Å²) < 4.78 is 9.67. The zero-order valence-corrected chi connectivity index (χ0v) is 11.8. The van der Waals surface area contributed by atoms with E-state index in [0.29, 0.717) is 6.42 Å². The van der Waals surface area contributed by atoms with Crippen LogP contribution in [-0.2, 0) is 23.9 Å². The lowest BCUT2D eigenvalue weighted by molar-refractivity contribution is -0.166. The number of esters is 2. The van der Waals surface area contributed by atoms with Gasteiger partial charge in [-0.25, -0.2) is 0 Å². The molecule has 0 spiro atoms. The van der Waals surface area contributed by atoms with Crippen molar-refractivity contribution in [1.82, 2.24) is 0 Å². The first-order valence-electron chi connectivity index (χ1n) is 6.31. The van der Waals surface area contributed by atoms with Gasteiger partial charge in [-0.1, -0.05) is 6.92 Å². The lowest BCUT2D eigenvalue weighted by Gasteiger charge is -2.23. The van der Waals surface area contributed by atoms with E-state index in [4.69, 9.17) is 9.84 Å². The van der Waals surface area contributed by atoms with Gasteiger partial charge in [-0.15, -0.1) is 0 Å². The van der Waals surface area contributed by atoms with E-state index in [1.54, 1.807) is 26.8 Å². The number of rotatable bonds is 8. The van der Waals surface area contributed by atoms with Crippen LogP contribution in [0.15, 0.2) is 0 Å². The van der Waals surface area contributed by atoms with E-state index in [1.807, 2.05) is 0 Å². The van der Waals surface area contributed by atoms with Gasteiger partial charge in [0.1, 0.15) is 0 Å². The second kappa shape index (κ2) is 8.15. The van der Waals surface area contributed by atoms with Crippen molar-refractivity contribution in [2.24, 2.45) is 5.41 Å². The fourth-order valence-corrected chi connectivity index (χ4v) is 1.43. The van der Waals surface area contributed by atoms with Crippen molar-refractivity contribution in [1.29, 1.82) is 5.26 Å². The molecule has 0 saturated heterocycles. The molecule has 0 aliphatic rings. The molecular weight excluding hydrogens is 266 g/mol. The van der Waals surface area contributed by atoms with Crippen LogP contribution in [0.5, 0.6) is 0 Å². The summed E-state index contributed by atoms with van der Waals surface area (Å²) in [7, 11) is 0. The molecular formula is C13H19NO6. The van der Waals surface area contributed by atoms with Gasteiger partial charge < -0.3 is 14.6 Å². The van der Waals surface area contributed by atoms with Gasteiger partial charge in [0.15, 0.2) is 5.41 Å². The van der Waals surface area contributed by atoms with Crippen molar-refractivity contribution in [3.8, 4) is 6.07 Å². The maximum Gasteiger partial charge on any atom is 0.327 e. The first-order valence-corrected chi connectivity index (χ1v) is 6.31. The number of nitriles is 1. The number of nitrogens with zero attached hydrogens (tertiary/aromatic N) is 1. The van der Waals surface area contributed by atoms with E-state index < -0.39 is 42.3 Å². The largest absolute Gasteiger partial charge is 0.481 e. The molecule has 0 aromatic rings. The average Bonchev–Trinajstić information content (AvgIpc) is 2.37. The van der Waals surface area contributed by atoms with Gasteiger partial charge in [-0.05, 0) is 20.3 Å². The second-order valence-electron chi connectivity index (χ2n) is 4.37. The molecule has 20 heavy (non-hydrogen) atoms. The summed E-state index contributed by atoms with van der Waals surface area (Å²) in [5.74, 6) is -3.18. The number of carbonyl (C=O) groups excluding carboxylic acids is 2. The average molecular weight is 285 g/mol. The zero-order chi connectivity index (χ0) is 15.8. The number of carboxylic acids is 1. The van der Waals surface area contributed by atoms with Gasteiger partial charge in [0.25, 0.3) is 0 Å². The fourth-order valence-electron chi connectivity index (χ4n) is 1.43. The smallest absolute Gasteiger partial charge is 0.327 e. The molecule has 7 heteroatoms. The molecule has 0 aliphatic carbocycles. The Hall–Kier alpha value is -2.10. The molecule has 2 atom stereocenters. The topological polar surface area (TPSA) is 114 Å². The van der Waals surface area contributed by atoms with Gasteiger partial charge in [-0.2, -0.15) is 5.26 Å². The summed E-state index contributed by atoms with van der Waals surface area (Å²) in [5, 5.41) is 18.0. The highest BCUT2D eigenvalue weighted by Crippen LogP contribution is 2.29. The van der Waals surface area contributed by atoms with Crippen LogP contribution in [0.4, 0.5) is 0 Å². The fraction of sp³-hybridized carbons (Fsp3) is 0.692. The number of ether oxygens (including phenoxy) is 2. The highest BCUT2D eigenvalue weighted by atomic mass is 16.5. The summed E-state index contributed by atoms with van der Waals surface area (Å²) in [6.45, 7) is 5.04. The Labute approximate surface area is 117 Å². The molecule has 0 aromatic heterocycles. The third kappa shape index (κ3) is 5.26. The SMILES string of the molecule is CCOC(=O)CC(C#N)(CC(=O)O)C(=O)OC(C)CC. The van der Waals surface area contributed by atoms with Crippen molar-refractivity contribution in [3.63, 3.8) is 0 Å². The second-order valence-corrected chi connectivity index (χ2v) is 4.37. The van der Waals surface area contributed by atoms with Crippen LogP contribution in [0.3, 0.4) is 0 Å². The summed E-state index contributed by atoms with van der Waals surface area (Å²) in [6.07, 6.45) is -1.40. The van der Waals surface area contributed by atoms with E-state index in [9.17, 15) is 19.6 Å². The van der Waals surface area contributed by atoms with E-state index >= 15 is 0 Å². The minimum Gasteiger partial charge on any atom is -0.481 e. The monoisotopic (exact) mass is 285 g/mol. The zero-order valence-electron chi connectivity index (χ0n) is 11.8. The summed E-state index contributed by atoms with van der Waals surface area (Å²) in [6, 6.07) is 1.61. The van der Waals surface area contributed by atoms with Crippen molar-refractivity contribution < 1.29 is 29.0 Å². The molecule has 0 fully saturated rings. The first kappa shape index (κ1) is 17.9. The maximum absolute atomic E-state index is 12.0. The molecule has 1 N–H and O–H groups in total. The number of hydrogen-bond donors (Lipinski definition) is 1. The van der Waals surface area contributed by atoms with Crippen molar-refractivity contribution >= 4 is 17.9 Å². The molecule has 0 heterocycles. The van der Waals surface area contributed by atoms with E-state index in [1.165, 1.54) is 0 Å². The summed E-state index contributed by atoms with van der Waals surface area (Å²) in [4.78, 5) is 34.4. The van der Waals surface area contributed by atoms with E-state index in [2.05, 4.69) is 4.74 Å². The quantitative estimate of drug-likeness (QED) is 0.668. The molecule has 0 saturated carbocycles. The number of carbonyl (C=O) groups is 3. The predicted molar refractivity (Wildman–Crippen MR) is 67.4 cm³/mol. The summed E-state index contributed by atoms with van der Waals surface area (Å²) in [5.41, 5.74) is -2.05. The van der Waals surface area contributed by atoms with Gasteiger partial charge in [0, 0.05) is 0 Å². The Kier molecular flexibility index (Phi) is 7.29. The predicted octanol–water partition coefficient (Wildman–Crippen LogP) is 1.27. The molecule has 0 bridgehead atoms. The molecule has 7 nitrogen and oxygen atoms in total. The molecule has 2 unspecified atom stereocenters. The molecule has 0 radical (unpaired) electrons. The third-order valence-corrected chi connectivity index (χ3v) is 2.69. The van der Waals surface area contributed by atoms with Crippen LogP contribution >= 0.6 is 0 Å². The first-order chi connectivity index (χ1) is 9.31. The lowest BCUT2D eigenvalue weighted by atomic mass is 9.82. The Balaban J connectivity index is 5.22. The Morgan fingerprint density at radius 2 is 1.90 bits per heavy atom. The molecule has 0 aromatic carbocycles. The summed E-state index contributed by atoms with van der Waals surface area (Å²) >= 11 is 0. The minimum atomic E-state index is -2.05. The van der Waals surface area contributed by atoms with Gasteiger partial charge in [-0.3, -0.25) is 14.4 Å².